The highest BCUT2D eigenvalue weighted by Gasteiger charge is 2.49. The van der Waals surface area contributed by atoms with E-state index in [0.717, 1.165) is 19.3 Å². The molecule has 22 heavy (non-hydrogen) atoms. The minimum Gasteiger partial charge on any atom is -0.445 e. The summed E-state index contributed by atoms with van der Waals surface area (Å²) in [5, 5.41) is 16.3. The first kappa shape index (κ1) is 14.6. The third-order valence-electron chi connectivity index (χ3n) is 4.02. The average molecular weight is 307 g/mol. The second-order valence-corrected chi connectivity index (χ2v) is 5.47. The Kier molecular flexibility index (Phi) is 3.59. The Morgan fingerprint density at radius 3 is 2.73 bits per heavy atom. The van der Waals surface area contributed by atoms with Crippen molar-refractivity contribution < 1.29 is 18.9 Å². The zero-order valence-electron chi connectivity index (χ0n) is 12.3. The largest absolute Gasteiger partial charge is 0.445 e. The molecule has 1 spiro atoms. The lowest BCUT2D eigenvalue weighted by Gasteiger charge is -2.37. The van der Waals surface area contributed by atoms with Crippen LogP contribution in [-0.2, 0) is 9.53 Å². The van der Waals surface area contributed by atoms with Crippen LogP contribution >= 0.6 is 0 Å². The number of carbonyl (C=O) groups is 1. The van der Waals surface area contributed by atoms with E-state index in [1.54, 1.807) is 6.92 Å². The van der Waals surface area contributed by atoms with Crippen LogP contribution in [0.1, 0.15) is 51.2 Å². The summed E-state index contributed by atoms with van der Waals surface area (Å²) >= 11 is 0. The summed E-state index contributed by atoms with van der Waals surface area (Å²) in [5.41, 5.74) is -0.762. The van der Waals surface area contributed by atoms with Crippen LogP contribution in [0.15, 0.2) is 21.7 Å². The van der Waals surface area contributed by atoms with E-state index in [-0.39, 0.29) is 23.4 Å². The minimum absolute atomic E-state index is 0.127. The number of carbonyl (C=O) groups excluding carboxylic acids is 1. The standard InChI is InChI=1S/C14H17N3O5/c1-2-11(18)16-14(8-4-3-5-9-14)22-13(15-16)10-6-7-12(21-10)17(19)20/h6-7H,2-5,8-9H2,1H3. The van der Waals surface area contributed by atoms with Crippen LogP contribution in [0.3, 0.4) is 0 Å². The number of rotatable bonds is 3. The highest BCUT2D eigenvalue weighted by molar-refractivity contribution is 5.94. The van der Waals surface area contributed by atoms with Crippen molar-refractivity contribution in [2.45, 2.75) is 51.2 Å². The van der Waals surface area contributed by atoms with Gasteiger partial charge in [-0.3, -0.25) is 14.9 Å². The molecule has 0 saturated heterocycles. The Morgan fingerprint density at radius 1 is 1.41 bits per heavy atom. The zero-order valence-corrected chi connectivity index (χ0v) is 12.3. The molecule has 1 aromatic heterocycles. The van der Waals surface area contributed by atoms with E-state index in [9.17, 15) is 14.9 Å². The molecule has 2 heterocycles. The lowest BCUT2D eigenvalue weighted by molar-refractivity contribution is -0.402. The molecule has 2 aliphatic rings. The summed E-state index contributed by atoms with van der Waals surface area (Å²) in [4.78, 5) is 22.3. The van der Waals surface area contributed by atoms with E-state index < -0.39 is 10.6 Å². The van der Waals surface area contributed by atoms with Crippen molar-refractivity contribution in [1.82, 2.24) is 5.01 Å². The zero-order chi connectivity index (χ0) is 15.7. The van der Waals surface area contributed by atoms with Gasteiger partial charge in [0.15, 0.2) is 5.76 Å². The fourth-order valence-corrected chi connectivity index (χ4v) is 2.92. The third kappa shape index (κ3) is 2.34. The fourth-order valence-electron chi connectivity index (χ4n) is 2.92. The summed E-state index contributed by atoms with van der Waals surface area (Å²) < 4.78 is 11.1. The molecule has 8 heteroatoms. The summed E-state index contributed by atoms with van der Waals surface area (Å²) in [6.45, 7) is 1.77. The first-order valence-corrected chi connectivity index (χ1v) is 7.41. The summed E-state index contributed by atoms with van der Waals surface area (Å²) in [5.74, 6) is -0.197. The van der Waals surface area contributed by atoms with Crippen molar-refractivity contribution in [3.63, 3.8) is 0 Å². The molecule has 3 rings (SSSR count). The molecule has 0 unspecified atom stereocenters. The Balaban J connectivity index is 1.91. The van der Waals surface area contributed by atoms with Gasteiger partial charge in [0.25, 0.3) is 5.90 Å². The van der Waals surface area contributed by atoms with Gasteiger partial charge < -0.3 is 9.15 Å². The number of amides is 1. The van der Waals surface area contributed by atoms with E-state index in [1.807, 2.05) is 0 Å². The Bertz CT molecular complexity index is 630. The van der Waals surface area contributed by atoms with Crippen molar-refractivity contribution in [2.24, 2.45) is 5.10 Å². The predicted molar refractivity (Wildman–Crippen MR) is 75.9 cm³/mol. The molecular weight excluding hydrogens is 290 g/mol. The number of hydrazone groups is 1. The van der Waals surface area contributed by atoms with Gasteiger partial charge in [0.2, 0.25) is 11.6 Å². The molecule has 1 amide bonds. The Morgan fingerprint density at radius 2 is 2.14 bits per heavy atom. The number of nitrogens with zero attached hydrogens (tertiary/aromatic N) is 3. The van der Waals surface area contributed by atoms with E-state index in [4.69, 9.17) is 9.15 Å². The topological polar surface area (TPSA) is 98.2 Å². The summed E-state index contributed by atoms with van der Waals surface area (Å²) in [6, 6.07) is 2.69. The lowest BCUT2D eigenvalue weighted by Crippen LogP contribution is -2.48. The molecule has 0 aromatic carbocycles. The molecular formula is C14H17N3O5. The molecule has 0 atom stereocenters. The second kappa shape index (κ2) is 5.43. The SMILES string of the molecule is CCC(=O)N1N=C(c2ccc([N+](=O)[O-])o2)OC12CCCCC2. The maximum absolute atomic E-state index is 12.2. The molecule has 1 aromatic rings. The van der Waals surface area contributed by atoms with Gasteiger partial charge in [-0.2, -0.15) is 5.01 Å². The van der Waals surface area contributed by atoms with Crippen LogP contribution in [0.5, 0.6) is 0 Å². The van der Waals surface area contributed by atoms with Gasteiger partial charge in [-0.25, -0.2) is 0 Å². The van der Waals surface area contributed by atoms with Gasteiger partial charge in [0, 0.05) is 19.3 Å². The van der Waals surface area contributed by atoms with Crippen LogP contribution in [0.25, 0.3) is 0 Å². The average Bonchev–Trinajstić information content (AvgIpc) is 3.13. The normalized spacial score (nSPS) is 19.9. The molecule has 1 fully saturated rings. The van der Waals surface area contributed by atoms with Crippen LogP contribution in [-0.4, -0.2) is 27.5 Å². The monoisotopic (exact) mass is 307 g/mol. The molecule has 118 valence electrons. The van der Waals surface area contributed by atoms with Crippen molar-refractivity contribution in [3.05, 3.63) is 28.0 Å². The maximum Gasteiger partial charge on any atom is 0.433 e. The quantitative estimate of drug-likeness (QED) is 0.631. The Hall–Kier alpha value is -2.38. The highest BCUT2D eigenvalue weighted by atomic mass is 16.7. The number of hydrogen-bond donors (Lipinski definition) is 0. The molecule has 1 aliphatic carbocycles. The molecule has 0 bridgehead atoms. The highest BCUT2D eigenvalue weighted by Crippen LogP contribution is 2.40. The lowest BCUT2D eigenvalue weighted by atomic mass is 9.91. The second-order valence-electron chi connectivity index (χ2n) is 5.47. The van der Waals surface area contributed by atoms with E-state index in [1.165, 1.54) is 17.1 Å². The van der Waals surface area contributed by atoms with Crippen LogP contribution in [0.2, 0.25) is 0 Å². The van der Waals surface area contributed by atoms with Crippen LogP contribution < -0.4 is 0 Å². The number of nitro groups is 1. The summed E-state index contributed by atoms with van der Waals surface area (Å²) in [6.07, 6.45) is 4.73. The molecule has 1 saturated carbocycles. The predicted octanol–water partition coefficient (Wildman–Crippen LogP) is 2.78. The van der Waals surface area contributed by atoms with E-state index >= 15 is 0 Å². The first-order chi connectivity index (χ1) is 10.6. The van der Waals surface area contributed by atoms with Gasteiger partial charge >= 0.3 is 5.88 Å². The van der Waals surface area contributed by atoms with Crippen LogP contribution in [0.4, 0.5) is 5.88 Å². The van der Waals surface area contributed by atoms with Crippen molar-refractivity contribution in [1.29, 1.82) is 0 Å². The smallest absolute Gasteiger partial charge is 0.433 e. The van der Waals surface area contributed by atoms with Gasteiger partial charge in [-0.1, -0.05) is 13.3 Å². The van der Waals surface area contributed by atoms with E-state index in [2.05, 4.69) is 5.10 Å². The van der Waals surface area contributed by atoms with Crippen molar-refractivity contribution in [2.75, 3.05) is 0 Å². The van der Waals surface area contributed by atoms with E-state index in [0.29, 0.717) is 19.3 Å². The summed E-state index contributed by atoms with van der Waals surface area (Å²) in [7, 11) is 0. The maximum atomic E-state index is 12.2. The number of ether oxygens (including phenoxy) is 1. The molecule has 8 nitrogen and oxygen atoms in total. The number of furan rings is 1. The van der Waals surface area contributed by atoms with Gasteiger partial charge in [-0.15, -0.1) is 5.10 Å². The number of hydrogen-bond acceptors (Lipinski definition) is 6. The first-order valence-electron chi connectivity index (χ1n) is 7.41. The Labute approximate surface area is 126 Å². The minimum atomic E-state index is -0.762. The van der Waals surface area contributed by atoms with Crippen molar-refractivity contribution in [3.8, 4) is 0 Å². The van der Waals surface area contributed by atoms with Gasteiger partial charge in [-0.05, 0) is 18.9 Å². The van der Waals surface area contributed by atoms with Crippen molar-refractivity contribution >= 4 is 17.7 Å². The molecule has 0 radical (unpaired) electrons. The molecule has 1 aliphatic heterocycles. The van der Waals surface area contributed by atoms with Gasteiger partial charge in [0.05, 0.1) is 6.07 Å². The third-order valence-corrected chi connectivity index (χ3v) is 4.02. The molecule has 0 N–H and O–H groups in total. The van der Waals surface area contributed by atoms with Crippen LogP contribution in [0, 0.1) is 10.1 Å². The van der Waals surface area contributed by atoms with Gasteiger partial charge in [0.1, 0.15) is 4.92 Å². The fraction of sp³-hybridized carbons (Fsp3) is 0.571.